The average Bonchev–Trinajstić information content (AvgIpc) is 3.09. The van der Waals surface area contributed by atoms with Crippen molar-refractivity contribution in [2.75, 3.05) is 18.5 Å². The highest BCUT2D eigenvalue weighted by Gasteiger charge is 2.37. The van der Waals surface area contributed by atoms with Crippen LogP contribution in [0.3, 0.4) is 0 Å². The van der Waals surface area contributed by atoms with Crippen LogP contribution in [0.2, 0.25) is 10.0 Å². The predicted molar refractivity (Wildman–Crippen MR) is 119 cm³/mol. The van der Waals surface area contributed by atoms with E-state index >= 15 is 0 Å². The molecule has 0 aliphatic carbocycles. The maximum absolute atomic E-state index is 12.4. The van der Waals surface area contributed by atoms with Crippen LogP contribution in [0.5, 0.6) is 0 Å². The zero-order valence-corrected chi connectivity index (χ0v) is 18.9. The van der Waals surface area contributed by atoms with Crippen LogP contribution < -0.4 is 10.7 Å². The molecule has 10 heteroatoms. The molecule has 0 spiro atoms. The van der Waals surface area contributed by atoms with E-state index in [1.807, 2.05) is 32.0 Å². The Morgan fingerprint density at radius 1 is 1.12 bits per heavy atom. The number of amides is 3. The molecule has 2 aromatic rings. The number of para-hydroxylation sites is 1. The molecule has 1 saturated heterocycles. The molecular formula is C22H21Cl2N3O5. The number of carbonyl (C=O) groups excluding carboxylic acids is 4. The molecule has 0 unspecified atom stereocenters. The van der Waals surface area contributed by atoms with Crippen molar-refractivity contribution in [2.24, 2.45) is 5.92 Å². The van der Waals surface area contributed by atoms with Gasteiger partial charge in [-0.05, 0) is 43.2 Å². The summed E-state index contributed by atoms with van der Waals surface area (Å²) in [5.41, 5.74) is 5.01. The molecule has 1 aliphatic heterocycles. The van der Waals surface area contributed by atoms with Crippen LogP contribution >= 0.6 is 23.2 Å². The van der Waals surface area contributed by atoms with Crippen LogP contribution in [0.25, 0.3) is 0 Å². The lowest BCUT2D eigenvalue weighted by Gasteiger charge is -2.18. The van der Waals surface area contributed by atoms with Gasteiger partial charge in [0.05, 0.1) is 23.0 Å². The molecule has 2 N–H and O–H groups in total. The monoisotopic (exact) mass is 477 g/mol. The first-order chi connectivity index (χ1) is 15.2. The van der Waals surface area contributed by atoms with Crippen molar-refractivity contribution in [3.63, 3.8) is 0 Å². The predicted octanol–water partition coefficient (Wildman–Crippen LogP) is 3.29. The normalized spacial score (nSPS) is 15.4. The van der Waals surface area contributed by atoms with E-state index in [-0.39, 0.29) is 23.6 Å². The Kier molecular flexibility index (Phi) is 7.37. The number of nitrogens with one attached hydrogen (secondary N) is 2. The highest BCUT2D eigenvalue weighted by atomic mass is 35.5. The maximum Gasteiger partial charge on any atom is 0.311 e. The second kappa shape index (κ2) is 10.0. The Bertz CT molecular complexity index is 1070. The molecular weight excluding hydrogens is 457 g/mol. The van der Waals surface area contributed by atoms with E-state index in [9.17, 15) is 19.2 Å². The summed E-state index contributed by atoms with van der Waals surface area (Å²) in [5, 5.41) is 4.26. The van der Waals surface area contributed by atoms with Gasteiger partial charge in [0.25, 0.3) is 11.8 Å². The van der Waals surface area contributed by atoms with Crippen molar-refractivity contribution in [1.82, 2.24) is 10.4 Å². The van der Waals surface area contributed by atoms with Crippen molar-refractivity contribution in [3.05, 3.63) is 63.1 Å². The Balaban J connectivity index is 1.52. The smallest absolute Gasteiger partial charge is 0.311 e. The van der Waals surface area contributed by atoms with E-state index in [4.69, 9.17) is 27.9 Å². The topological polar surface area (TPSA) is 105 Å². The fraction of sp³-hybridized carbons (Fsp3) is 0.273. The summed E-state index contributed by atoms with van der Waals surface area (Å²) in [7, 11) is 0. The summed E-state index contributed by atoms with van der Waals surface area (Å²) < 4.78 is 5.08. The Morgan fingerprint density at radius 3 is 2.47 bits per heavy atom. The van der Waals surface area contributed by atoms with E-state index in [1.54, 1.807) is 0 Å². The summed E-state index contributed by atoms with van der Waals surface area (Å²) in [5.74, 6) is -3.05. The number of benzene rings is 2. The number of anilines is 1. The number of hydrogen-bond acceptors (Lipinski definition) is 5. The number of hydrazine groups is 1. The van der Waals surface area contributed by atoms with E-state index in [1.165, 1.54) is 18.2 Å². The lowest BCUT2D eigenvalue weighted by molar-refractivity contribution is -0.151. The van der Waals surface area contributed by atoms with Crippen molar-refractivity contribution < 1.29 is 23.9 Å². The molecule has 1 aliphatic rings. The number of halogens is 2. The molecule has 2 aromatic carbocycles. The van der Waals surface area contributed by atoms with E-state index < -0.39 is 36.2 Å². The molecule has 0 saturated carbocycles. The molecule has 0 bridgehead atoms. The highest BCUT2D eigenvalue weighted by Crippen LogP contribution is 2.23. The van der Waals surface area contributed by atoms with Crippen LogP contribution in [-0.2, 0) is 19.1 Å². The number of ether oxygens (including phenoxy) is 1. The Labute approximate surface area is 194 Å². The molecule has 0 radical (unpaired) electrons. The van der Waals surface area contributed by atoms with E-state index in [2.05, 4.69) is 10.7 Å². The van der Waals surface area contributed by atoms with Gasteiger partial charge < -0.3 is 10.1 Å². The van der Waals surface area contributed by atoms with Crippen LogP contribution in [-0.4, -0.2) is 41.9 Å². The third kappa shape index (κ3) is 5.57. The third-order valence-corrected chi connectivity index (χ3v) is 5.51. The van der Waals surface area contributed by atoms with Gasteiger partial charge in [-0.2, -0.15) is 0 Å². The summed E-state index contributed by atoms with van der Waals surface area (Å²) in [6, 6.07) is 9.94. The van der Waals surface area contributed by atoms with E-state index in [0.717, 1.165) is 16.1 Å². The van der Waals surface area contributed by atoms with Gasteiger partial charge in [0.1, 0.15) is 0 Å². The van der Waals surface area contributed by atoms with Crippen LogP contribution in [0.1, 0.15) is 27.9 Å². The van der Waals surface area contributed by atoms with Gasteiger partial charge in [-0.25, -0.2) is 0 Å². The largest absolute Gasteiger partial charge is 0.455 e. The van der Waals surface area contributed by atoms with Crippen molar-refractivity contribution in [2.45, 2.75) is 20.3 Å². The number of rotatable bonds is 6. The lowest BCUT2D eigenvalue weighted by atomic mass is 10.1. The molecule has 3 rings (SSSR count). The van der Waals surface area contributed by atoms with Gasteiger partial charge in [0.15, 0.2) is 6.61 Å². The van der Waals surface area contributed by atoms with Crippen molar-refractivity contribution in [1.29, 1.82) is 0 Å². The van der Waals surface area contributed by atoms with Gasteiger partial charge in [0, 0.05) is 17.1 Å². The van der Waals surface area contributed by atoms with Gasteiger partial charge in [0.2, 0.25) is 5.91 Å². The Hall–Kier alpha value is -3.10. The average molecular weight is 478 g/mol. The molecule has 1 fully saturated rings. The van der Waals surface area contributed by atoms with Crippen LogP contribution in [0.15, 0.2) is 36.4 Å². The zero-order valence-electron chi connectivity index (χ0n) is 17.4. The number of nitrogens with zero attached hydrogens (tertiary/aromatic N) is 1. The van der Waals surface area contributed by atoms with Crippen LogP contribution in [0, 0.1) is 19.8 Å². The summed E-state index contributed by atoms with van der Waals surface area (Å²) in [6.45, 7) is 3.16. The highest BCUT2D eigenvalue weighted by molar-refractivity contribution is 6.36. The number of hydrogen-bond donors (Lipinski definition) is 2. The first-order valence-electron chi connectivity index (χ1n) is 9.75. The summed E-state index contributed by atoms with van der Waals surface area (Å²) in [4.78, 5) is 49.1. The lowest BCUT2D eigenvalue weighted by Crippen LogP contribution is -2.43. The summed E-state index contributed by atoms with van der Waals surface area (Å²) in [6.07, 6.45) is -0.147. The molecule has 168 valence electrons. The maximum atomic E-state index is 12.4. The first kappa shape index (κ1) is 23.6. The summed E-state index contributed by atoms with van der Waals surface area (Å²) >= 11 is 11.8. The van der Waals surface area contributed by atoms with Crippen LogP contribution in [0.4, 0.5) is 5.69 Å². The molecule has 1 heterocycles. The number of aryl methyl sites for hydroxylation is 2. The fourth-order valence-electron chi connectivity index (χ4n) is 3.27. The molecule has 32 heavy (non-hydrogen) atoms. The molecule has 8 nitrogen and oxygen atoms in total. The van der Waals surface area contributed by atoms with Gasteiger partial charge in [-0.15, -0.1) is 0 Å². The number of esters is 1. The standard InChI is InChI=1S/C22H21Cl2N3O5/c1-12-4-3-5-13(2)20(12)25-18(28)11-32-22(31)14-8-19(29)27(10-14)26-21(30)16-7-6-15(23)9-17(16)24/h3-7,9,14H,8,10-11H2,1-2H3,(H,25,28)(H,26,30)/t14-/m1/s1. The third-order valence-electron chi connectivity index (χ3n) is 4.96. The molecule has 0 aromatic heterocycles. The minimum atomic E-state index is -0.809. The quantitative estimate of drug-likeness (QED) is 0.621. The minimum Gasteiger partial charge on any atom is -0.455 e. The number of carbonyl (C=O) groups is 4. The Morgan fingerprint density at radius 2 is 1.81 bits per heavy atom. The molecule has 1 atom stereocenters. The fourth-order valence-corrected chi connectivity index (χ4v) is 3.77. The minimum absolute atomic E-state index is 0.0763. The van der Waals surface area contributed by atoms with E-state index in [0.29, 0.717) is 10.7 Å². The second-order valence-corrected chi connectivity index (χ2v) is 8.24. The van der Waals surface area contributed by atoms with Crippen molar-refractivity contribution in [3.8, 4) is 0 Å². The first-order valence-corrected chi connectivity index (χ1v) is 10.5. The SMILES string of the molecule is Cc1cccc(C)c1NC(=O)COC(=O)[C@@H]1CC(=O)N(NC(=O)c2ccc(Cl)cc2Cl)C1. The van der Waals surface area contributed by atoms with Gasteiger partial charge >= 0.3 is 5.97 Å². The van der Waals surface area contributed by atoms with Crippen molar-refractivity contribution >= 4 is 52.6 Å². The second-order valence-electron chi connectivity index (χ2n) is 7.39. The zero-order chi connectivity index (χ0) is 23.4. The van der Waals surface area contributed by atoms with Gasteiger partial charge in [-0.3, -0.25) is 29.6 Å². The molecule has 3 amide bonds. The van der Waals surface area contributed by atoms with Gasteiger partial charge in [-0.1, -0.05) is 41.4 Å².